The van der Waals surface area contributed by atoms with Crippen molar-refractivity contribution in [2.75, 3.05) is 19.6 Å². The summed E-state index contributed by atoms with van der Waals surface area (Å²) in [4.78, 5) is 12.9. The lowest BCUT2D eigenvalue weighted by molar-refractivity contribution is -0.384. The van der Waals surface area contributed by atoms with Crippen LogP contribution >= 0.6 is 11.6 Å². The van der Waals surface area contributed by atoms with E-state index in [0.29, 0.717) is 6.04 Å². The summed E-state index contributed by atoms with van der Waals surface area (Å²) in [5.41, 5.74) is 0.937. The molecule has 110 valence electrons. The van der Waals surface area contributed by atoms with Gasteiger partial charge in [-0.05, 0) is 37.6 Å². The third kappa shape index (κ3) is 3.69. The molecule has 1 saturated heterocycles. The Morgan fingerprint density at radius 2 is 2.35 bits per heavy atom. The van der Waals surface area contributed by atoms with Gasteiger partial charge in [0.1, 0.15) is 5.02 Å². The van der Waals surface area contributed by atoms with Crippen LogP contribution in [-0.4, -0.2) is 35.5 Å². The number of hydrogen-bond acceptors (Lipinski definition) is 4. The van der Waals surface area contributed by atoms with E-state index >= 15 is 0 Å². The summed E-state index contributed by atoms with van der Waals surface area (Å²) >= 11 is 5.85. The van der Waals surface area contributed by atoms with Crippen molar-refractivity contribution in [2.45, 2.75) is 32.4 Å². The first-order valence-corrected chi connectivity index (χ1v) is 7.37. The van der Waals surface area contributed by atoms with Gasteiger partial charge in [0.2, 0.25) is 0 Å². The molecule has 2 rings (SSSR count). The van der Waals surface area contributed by atoms with Crippen LogP contribution in [0.2, 0.25) is 5.02 Å². The normalized spacial score (nSPS) is 18.6. The van der Waals surface area contributed by atoms with Gasteiger partial charge in [-0.15, -0.1) is 0 Å². The summed E-state index contributed by atoms with van der Waals surface area (Å²) in [6.07, 6.45) is 2.21. The Bertz CT molecular complexity index is 475. The second-order valence-electron chi connectivity index (χ2n) is 5.16. The molecular weight excluding hydrogens is 278 g/mol. The highest BCUT2D eigenvalue weighted by Crippen LogP contribution is 2.26. The zero-order valence-corrected chi connectivity index (χ0v) is 12.4. The monoisotopic (exact) mass is 297 g/mol. The fourth-order valence-corrected chi connectivity index (χ4v) is 2.85. The fraction of sp³-hybridized carbons (Fsp3) is 0.571. The lowest BCUT2D eigenvalue weighted by Gasteiger charge is -2.28. The van der Waals surface area contributed by atoms with Crippen LogP contribution in [0.4, 0.5) is 5.69 Å². The molecule has 1 N–H and O–H groups in total. The second kappa shape index (κ2) is 7.02. The number of nitro benzene ring substituents is 1. The second-order valence-corrected chi connectivity index (χ2v) is 5.57. The Kier molecular flexibility index (Phi) is 5.34. The van der Waals surface area contributed by atoms with Gasteiger partial charge in [0.15, 0.2) is 0 Å². The van der Waals surface area contributed by atoms with Gasteiger partial charge >= 0.3 is 0 Å². The predicted octanol–water partition coefficient (Wildman–Crippen LogP) is 2.82. The van der Waals surface area contributed by atoms with Crippen LogP contribution in [-0.2, 0) is 6.54 Å². The maximum atomic E-state index is 10.9. The minimum Gasteiger partial charge on any atom is -0.315 e. The Balaban J connectivity index is 2.13. The van der Waals surface area contributed by atoms with Crippen molar-refractivity contribution in [3.05, 3.63) is 38.9 Å². The van der Waals surface area contributed by atoms with E-state index < -0.39 is 4.92 Å². The number of hydrogen-bond donors (Lipinski definition) is 1. The summed E-state index contributed by atoms with van der Waals surface area (Å²) in [6, 6.07) is 5.60. The molecule has 0 aliphatic carbocycles. The largest absolute Gasteiger partial charge is 0.315 e. The summed E-state index contributed by atoms with van der Waals surface area (Å²) in [5.74, 6) is 0. The van der Waals surface area contributed by atoms with Gasteiger partial charge in [-0.1, -0.05) is 24.6 Å². The molecule has 0 radical (unpaired) electrons. The number of benzene rings is 1. The maximum absolute atomic E-state index is 10.9. The van der Waals surface area contributed by atoms with Crippen molar-refractivity contribution >= 4 is 17.3 Å². The lowest BCUT2D eigenvalue weighted by atomic mass is 10.1. The highest BCUT2D eigenvalue weighted by Gasteiger charge is 2.22. The average molecular weight is 298 g/mol. The predicted molar refractivity (Wildman–Crippen MR) is 80.1 cm³/mol. The third-order valence-electron chi connectivity index (χ3n) is 3.65. The molecule has 0 bridgehead atoms. The molecule has 20 heavy (non-hydrogen) atoms. The molecule has 1 atom stereocenters. The molecule has 1 heterocycles. The molecule has 0 aromatic heterocycles. The standard InChI is InChI=1S/C14H20ClN3O2/c1-2-7-17(12-5-6-16-9-12)10-11-3-4-13(15)14(8-11)18(19)20/h3-4,8,12,16H,2,5-7,9-10H2,1H3. The molecule has 0 spiro atoms. The van der Waals surface area contributed by atoms with Gasteiger partial charge in [0.05, 0.1) is 4.92 Å². The van der Waals surface area contributed by atoms with Crippen molar-refractivity contribution in [1.29, 1.82) is 0 Å². The summed E-state index contributed by atoms with van der Waals surface area (Å²) in [6.45, 7) is 5.93. The van der Waals surface area contributed by atoms with Crippen LogP contribution in [0, 0.1) is 10.1 Å². The highest BCUT2D eigenvalue weighted by molar-refractivity contribution is 6.32. The van der Waals surface area contributed by atoms with Crippen molar-refractivity contribution in [3.8, 4) is 0 Å². The van der Waals surface area contributed by atoms with Crippen LogP contribution in [0.1, 0.15) is 25.3 Å². The molecular formula is C14H20ClN3O2. The molecule has 0 saturated carbocycles. The van der Waals surface area contributed by atoms with Crippen LogP contribution in [0.3, 0.4) is 0 Å². The number of nitrogens with one attached hydrogen (secondary N) is 1. The molecule has 1 aromatic carbocycles. The quantitative estimate of drug-likeness (QED) is 0.648. The molecule has 1 aromatic rings. The Labute approximate surface area is 124 Å². The average Bonchev–Trinajstić information content (AvgIpc) is 2.94. The highest BCUT2D eigenvalue weighted by atomic mass is 35.5. The summed E-state index contributed by atoms with van der Waals surface area (Å²) < 4.78 is 0. The van der Waals surface area contributed by atoms with E-state index in [9.17, 15) is 10.1 Å². The van der Waals surface area contributed by atoms with Crippen molar-refractivity contribution in [3.63, 3.8) is 0 Å². The number of halogens is 1. The lowest BCUT2D eigenvalue weighted by Crippen LogP contribution is -2.36. The topological polar surface area (TPSA) is 58.4 Å². The van der Waals surface area contributed by atoms with Crippen molar-refractivity contribution in [2.24, 2.45) is 0 Å². The number of rotatable bonds is 6. The number of nitro groups is 1. The van der Waals surface area contributed by atoms with Crippen LogP contribution in [0.25, 0.3) is 0 Å². The smallest absolute Gasteiger partial charge is 0.288 e. The van der Waals surface area contributed by atoms with E-state index in [1.807, 2.05) is 6.07 Å². The van der Waals surface area contributed by atoms with Gasteiger partial charge in [-0.3, -0.25) is 15.0 Å². The van der Waals surface area contributed by atoms with E-state index in [-0.39, 0.29) is 10.7 Å². The van der Waals surface area contributed by atoms with Gasteiger partial charge in [-0.2, -0.15) is 0 Å². The van der Waals surface area contributed by atoms with E-state index in [0.717, 1.165) is 44.6 Å². The van der Waals surface area contributed by atoms with Gasteiger partial charge in [-0.25, -0.2) is 0 Å². The van der Waals surface area contributed by atoms with E-state index in [4.69, 9.17) is 11.6 Å². The molecule has 1 aliphatic heterocycles. The summed E-state index contributed by atoms with van der Waals surface area (Å²) in [5, 5.41) is 14.5. The minimum atomic E-state index is -0.423. The Morgan fingerprint density at radius 3 is 2.95 bits per heavy atom. The zero-order valence-electron chi connectivity index (χ0n) is 11.6. The Morgan fingerprint density at radius 1 is 1.55 bits per heavy atom. The fourth-order valence-electron chi connectivity index (χ4n) is 2.66. The molecule has 1 aliphatic rings. The SMILES string of the molecule is CCCN(Cc1ccc(Cl)c([N+](=O)[O-])c1)C1CCNC1. The number of nitrogens with zero attached hydrogens (tertiary/aromatic N) is 2. The maximum Gasteiger partial charge on any atom is 0.288 e. The van der Waals surface area contributed by atoms with Crippen LogP contribution in [0.5, 0.6) is 0 Å². The van der Waals surface area contributed by atoms with E-state index in [1.54, 1.807) is 12.1 Å². The molecule has 1 unspecified atom stereocenters. The van der Waals surface area contributed by atoms with Gasteiger partial charge in [0, 0.05) is 25.2 Å². The first-order valence-electron chi connectivity index (χ1n) is 6.99. The molecule has 5 nitrogen and oxygen atoms in total. The summed E-state index contributed by atoms with van der Waals surface area (Å²) in [7, 11) is 0. The van der Waals surface area contributed by atoms with Crippen LogP contribution < -0.4 is 5.32 Å². The van der Waals surface area contributed by atoms with Crippen molar-refractivity contribution < 1.29 is 4.92 Å². The zero-order chi connectivity index (χ0) is 14.5. The molecule has 6 heteroatoms. The molecule has 1 fully saturated rings. The minimum absolute atomic E-state index is 0.00911. The Hall–Kier alpha value is -1.17. The first kappa shape index (κ1) is 15.2. The van der Waals surface area contributed by atoms with E-state index in [1.165, 1.54) is 0 Å². The first-order chi connectivity index (χ1) is 9.61. The molecule has 0 amide bonds. The third-order valence-corrected chi connectivity index (χ3v) is 3.97. The van der Waals surface area contributed by atoms with Crippen molar-refractivity contribution in [1.82, 2.24) is 10.2 Å². The van der Waals surface area contributed by atoms with Gasteiger partial charge < -0.3 is 5.32 Å². The van der Waals surface area contributed by atoms with E-state index in [2.05, 4.69) is 17.1 Å². The van der Waals surface area contributed by atoms with Gasteiger partial charge in [0.25, 0.3) is 5.69 Å². The van der Waals surface area contributed by atoms with Crippen LogP contribution in [0.15, 0.2) is 18.2 Å².